The zero-order chi connectivity index (χ0) is 18.6. The first-order valence-corrected chi connectivity index (χ1v) is 12.6. The molecule has 0 saturated heterocycles. The summed E-state index contributed by atoms with van der Waals surface area (Å²) in [7, 11) is -4.27. The normalized spacial score (nSPS) is 12.0. The highest BCUT2D eigenvalue weighted by Crippen LogP contribution is 2.14. The Labute approximate surface area is 157 Å². The third-order valence-electron chi connectivity index (χ3n) is 4.79. The standard InChI is InChI=1S/C20H44O4Si/c1-2-3-4-5-6-7-8-9-10-11-12-13-14-15-16-17-18-19-20-24-25(21,22)23/h21-23H,2-20H2,1H3. The lowest BCUT2D eigenvalue weighted by Crippen LogP contribution is -2.39. The summed E-state index contributed by atoms with van der Waals surface area (Å²) in [5.41, 5.74) is 0. The van der Waals surface area contributed by atoms with E-state index < -0.39 is 9.05 Å². The molecule has 0 saturated carbocycles. The van der Waals surface area contributed by atoms with Gasteiger partial charge in [0.05, 0.1) is 0 Å². The Kier molecular flexibility index (Phi) is 18.9. The van der Waals surface area contributed by atoms with Gasteiger partial charge in [-0.3, -0.25) is 0 Å². The summed E-state index contributed by atoms with van der Waals surface area (Å²) in [5, 5.41) is 0. The van der Waals surface area contributed by atoms with E-state index in [1.165, 1.54) is 103 Å². The van der Waals surface area contributed by atoms with Crippen molar-refractivity contribution >= 4 is 9.05 Å². The SMILES string of the molecule is CCCCCCCCCCCCCCCCCCCCO[Si](O)(O)O. The zero-order valence-corrected chi connectivity index (χ0v) is 17.7. The van der Waals surface area contributed by atoms with E-state index in [1.807, 2.05) is 0 Å². The molecule has 25 heavy (non-hydrogen) atoms. The van der Waals surface area contributed by atoms with Crippen molar-refractivity contribution in [3.05, 3.63) is 0 Å². The quantitative estimate of drug-likeness (QED) is 0.195. The van der Waals surface area contributed by atoms with Gasteiger partial charge in [0.1, 0.15) is 0 Å². The van der Waals surface area contributed by atoms with E-state index in [1.54, 1.807) is 0 Å². The second-order valence-corrected chi connectivity index (χ2v) is 8.87. The first kappa shape index (κ1) is 25.1. The Hall–Kier alpha value is 0.0569. The second kappa shape index (κ2) is 18.8. The summed E-state index contributed by atoms with van der Waals surface area (Å²) in [6.45, 7) is 2.52. The molecule has 0 aliphatic carbocycles. The maximum Gasteiger partial charge on any atom is 0.671 e. The monoisotopic (exact) mass is 376 g/mol. The summed E-state index contributed by atoms with van der Waals surface area (Å²) in [6, 6.07) is 0. The summed E-state index contributed by atoms with van der Waals surface area (Å²) in [6.07, 6.45) is 23.8. The number of hydrogen-bond donors (Lipinski definition) is 3. The van der Waals surface area contributed by atoms with Crippen LogP contribution in [0.1, 0.15) is 122 Å². The second-order valence-electron chi connectivity index (χ2n) is 7.43. The van der Waals surface area contributed by atoms with Crippen LogP contribution in [-0.2, 0) is 4.43 Å². The van der Waals surface area contributed by atoms with E-state index >= 15 is 0 Å². The molecule has 0 bridgehead atoms. The highest BCUT2D eigenvalue weighted by atomic mass is 28.4. The smallest absolute Gasteiger partial charge is 0.368 e. The molecule has 0 aromatic rings. The zero-order valence-electron chi connectivity index (χ0n) is 16.7. The lowest BCUT2D eigenvalue weighted by atomic mass is 10.0. The van der Waals surface area contributed by atoms with Crippen molar-refractivity contribution in [2.45, 2.75) is 122 Å². The van der Waals surface area contributed by atoms with Crippen molar-refractivity contribution < 1.29 is 18.8 Å². The average molecular weight is 377 g/mol. The third kappa shape index (κ3) is 24.1. The fraction of sp³-hybridized carbons (Fsp3) is 1.00. The molecule has 3 N–H and O–H groups in total. The lowest BCUT2D eigenvalue weighted by molar-refractivity contribution is 0.0618. The molecule has 0 aromatic carbocycles. The molecular weight excluding hydrogens is 332 g/mol. The molecule has 0 aliphatic rings. The van der Waals surface area contributed by atoms with Gasteiger partial charge in [-0.05, 0) is 6.42 Å². The van der Waals surface area contributed by atoms with Crippen LogP contribution in [0.3, 0.4) is 0 Å². The minimum absolute atomic E-state index is 0.245. The molecule has 5 heteroatoms. The molecule has 0 unspecified atom stereocenters. The first-order chi connectivity index (χ1) is 12.1. The van der Waals surface area contributed by atoms with Crippen LogP contribution in [0.15, 0.2) is 0 Å². The highest BCUT2D eigenvalue weighted by molar-refractivity contribution is 6.48. The Morgan fingerprint density at radius 1 is 0.480 bits per heavy atom. The van der Waals surface area contributed by atoms with Gasteiger partial charge in [0.25, 0.3) is 0 Å². The highest BCUT2D eigenvalue weighted by Gasteiger charge is 2.29. The molecule has 0 heterocycles. The fourth-order valence-electron chi connectivity index (χ4n) is 3.21. The molecule has 0 atom stereocenters. The van der Waals surface area contributed by atoms with Crippen molar-refractivity contribution in [1.29, 1.82) is 0 Å². The topological polar surface area (TPSA) is 69.9 Å². The number of rotatable bonds is 20. The first-order valence-electron chi connectivity index (χ1n) is 10.9. The number of hydrogen-bond acceptors (Lipinski definition) is 4. The van der Waals surface area contributed by atoms with Crippen molar-refractivity contribution in [2.75, 3.05) is 6.61 Å². The van der Waals surface area contributed by atoms with Crippen LogP contribution in [0.4, 0.5) is 0 Å². The average Bonchev–Trinajstić information content (AvgIpc) is 2.56. The van der Waals surface area contributed by atoms with E-state index in [-0.39, 0.29) is 6.61 Å². The molecule has 0 rings (SSSR count). The molecule has 0 aromatic heterocycles. The molecule has 152 valence electrons. The van der Waals surface area contributed by atoms with Crippen molar-refractivity contribution in [3.8, 4) is 0 Å². The Bertz CT molecular complexity index is 257. The molecule has 0 fully saturated rings. The van der Waals surface area contributed by atoms with Crippen LogP contribution >= 0.6 is 0 Å². The lowest BCUT2D eigenvalue weighted by Gasteiger charge is -2.09. The molecule has 0 amide bonds. The van der Waals surface area contributed by atoms with Crippen molar-refractivity contribution in [2.24, 2.45) is 0 Å². The Balaban J connectivity index is 3.01. The minimum atomic E-state index is -4.27. The van der Waals surface area contributed by atoms with Gasteiger partial charge in [0.15, 0.2) is 0 Å². The predicted octanol–water partition coefficient (Wildman–Crippen LogP) is 5.46. The summed E-state index contributed by atoms with van der Waals surface area (Å²) < 4.78 is 4.56. The van der Waals surface area contributed by atoms with Gasteiger partial charge in [-0.1, -0.05) is 116 Å². The van der Waals surface area contributed by atoms with Gasteiger partial charge in [-0.25, -0.2) is 0 Å². The van der Waals surface area contributed by atoms with Gasteiger partial charge in [-0.15, -0.1) is 0 Å². The largest absolute Gasteiger partial charge is 0.671 e. The van der Waals surface area contributed by atoms with E-state index in [4.69, 9.17) is 14.4 Å². The Morgan fingerprint density at radius 2 is 0.760 bits per heavy atom. The van der Waals surface area contributed by atoms with Crippen LogP contribution in [0.5, 0.6) is 0 Å². The number of unbranched alkanes of at least 4 members (excludes halogenated alkanes) is 17. The maximum absolute atomic E-state index is 8.69. The third-order valence-corrected chi connectivity index (χ3v) is 5.39. The van der Waals surface area contributed by atoms with Gasteiger partial charge in [-0.2, -0.15) is 0 Å². The van der Waals surface area contributed by atoms with Gasteiger partial charge in [0.2, 0.25) is 0 Å². The van der Waals surface area contributed by atoms with Crippen LogP contribution in [0.2, 0.25) is 0 Å². The van der Waals surface area contributed by atoms with Crippen LogP contribution in [-0.4, -0.2) is 30.0 Å². The molecule has 0 radical (unpaired) electrons. The minimum Gasteiger partial charge on any atom is -0.368 e. The molecule has 0 aliphatic heterocycles. The summed E-state index contributed by atoms with van der Waals surface area (Å²) in [4.78, 5) is 26.1. The van der Waals surface area contributed by atoms with Crippen molar-refractivity contribution in [1.82, 2.24) is 0 Å². The summed E-state index contributed by atoms with van der Waals surface area (Å²) in [5.74, 6) is 0. The van der Waals surface area contributed by atoms with Crippen LogP contribution in [0.25, 0.3) is 0 Å². The van der Waals surface area contributed by atoms with Gasteiger partial charge in [0, 0.05) is 6.61 Å². The van der Waals surface area contributed by atoms with E-state index in [2.05, 4.69) is 11.3 Å². The molecule has 4 nitrogen and oxygen atoms in total. The molecule has 0 spiro atoms. The van der Waals surface area contributed by atoms with Crippen molar-refractivity contribution in [3.63, 3.8) is 0 Å². The summed E-state index contributed by atoms with van der Waals surface area (Å²) >= 11 is 0. The Morgan fingerprint density at radius 3 is 1.04 bits per heavy atom. The van der Waals surface area contributed by atoms with Crippen LogP contribution in [0, 0.1) is 0 Å². The van der Waals surface area contributed by atoms with Gasteiger partial charge >= 0.3 is 9.05 Å². The fourth-order valence-corrected chi connectivity index (χ4v) is 3.63. The van der Waals surface area contributed by atoms with E-state index in [9.17, 15) is 0 Å². The predicted molar refractivity (Wildman–Crippen MR) is 107 cm³/mol. The van der Waals surface area contributed by atoms with E-state index in [0.717, 1.165) is 12.8 Å². The maximum atomic E-state index is 8.69. The van der Waals surface area contributed by atoms with Crippen LogP contribution < -0.4 is 0 Å². The van der Waals surface area contributed by atoms with Gasteiger partial charge < -0.3 is 18.8 Å². The molecular formula is C20H44O4Si. The van der Waals surface area contributed by atoms with E-state index in [0.29, 0.717) is 0 Å².